The molecule has 1 aromatic heterocycles. The Morgan fingerprint density at radius 2 is 1.65 bits per heavy atom. The Balaban J connectivity index is 1.65. The molecule has 0 radical (unpaired) electrons. The molecule has 3 rings (SSSR count). The monoisotopic (exact) mass is 482 g/mol. The number of amides is 2. The average molecular weight is 483 g/mol. The highest BCUT2D eigenvalue weighted by Crippen LogP contribution is 2.23. The Morgan fingerprint density at radius 3 is 2.29 bits per heavy atom. The van der Waals surface area contributed by atoms with Crippen molar-refractivity contribution < 1.29 is 24.6 Å². The average Bonchev–Trinajstić information content (AvgIpc) is 2.83. The van der Waals surface area contributed by atoms with Crippen LogP contribution in [0.4, 0.5) is 5.69 Å². The summed E-state index contributed by atoms with van der Waals surface area (Å²) in [6, 6.07) is 17.2. The quantitative estimate of drug-likeness (QED) is 0.233. The van der Waals surface area contributed by atoms with E-state index >= 15 is 0 Å². The molecule has 0 spiro atoms. The van der Waals surface area contributed by atoms with Crippen LogP contribution in [0.5, 0.6) is 0 Å². The molecule has 0 aliphatic carbocycles. The van der Waals surface area contributed by atoms with Gasteiger partial charge in [0, 0.05) is 29.9 Å². The van der Waals surface area contributed by atoms with Crippen LogP contribution in [0.3, 0.4) is 0 Å². The van der Waals surface area contributed by atoms with Crippen molar-refractivity contribution in [3.8, 4) is 11.1 Å². The van der Waals surface area contributed by atoms with Crippen LogP contribution in [0, 0.1) is 0 Å². The van der Waals surface area contributed by atoms with Gasteiger partial charge in [-0.15, -0.1) is 0 Å². The van der Waals surface area contributed by atoms with Gasteiger partial charge in [-0.2, -0.15) is 0 Å². The van der Waals surface area contributed by atoms with E-state index in [1.807, 2.05) is 42.5 Å². The normalized spacial score (nSPS) is 12.3. The van der Waals surface area contributed by atoms with Gasteiger partial charge in [0.25, 0.3) is 0 Å². The number of carboxylic acids is 1. The number of hydrogen-bond donors (Lipinski definition) is 5. The zero-order valence-electron chi connectivity index (χ0n) is 17.9. The minimum absolute atomic E-state index is 0.205. The molecule has 0 fully saturated rings. The molecule has 9 nitrogen and oxygen atoms in total. The van der Waals surface area contributed by atoms with E-state index in [1.165, 1.54) is 12.4 Å². The zero-order chi connectivity index (χ0) is 24.5. The number of aliphatic carboxylic acids is 1. The molecule has 0 aliphatic rings. The molecule has 1 heterocycles. The standard InChI is InChI=1S/C24H23ClN4O5/c25-18-3-1-2-17(13-18)16-6-4-15(5-7-16)12-20(14-21(30)24(33)34)27-22(31)23(32)29-28-19-8-10-26-11-9-19/h1-11,13,20-21,30H,12,14H2,(H,26,28)(H,27,31)(H,29,32)(H,33,34)/t20-,21-/m1/s1. The van der Waals surface area contributed by atoms with E-state index in [4.69, 9.17) is 16.7 Å². The number of pyridine rings is 1. The molecule has 3 aromatic rings. The predicted octanol–water partition coefficient (Wildman–Crippen LogP) is 2.41. The number of nitrogens with one attached hydrogen (secondary N) is 3. The first-order chi connectivity index (χ1) is 16.3. The topological polar surface area (TPSA) is 141 Å². The van der Waals surface area contributed by atoms with E-state index in [-0.39, 0.29) is 12.8 Å². The SMILES string of the molecule is O=C(NNc1ccncc1)C(=O)N[C@H](Cc1ccc(-c2cccc(Cl)c2)cc1)C[C@@H](O)C(=O)O. The molecule has 10 heteroatoms. The largest absolute Gasteiger partial charge is 0.479 e. The number of benzene rings is 2. The number of halogens is 1. The summed E-state index contributed by atoms with van der Waals surface area (Å²) in [5.74, 6) is -3.36. The Morgan fingerprint density at radius 1 is 0.941 bits per heavy atom. The van der Waals surface area contributed by atoms with Gasteiger partial charge in [-0.25, -0.2) is 4.79 Å². The molecular weight excluding hydrogens is 460 g/mol. The van der Waals surface area contributed by atoms with Crippen molar-refractivity contribution in [1.29, 1.82) is 0 Å². The van der Waals surface area contributed by atoms with Crippen molar-refractivity contribution in [1.82, 2.24) is 15.7 Å². The second-order valence-electron chi connectivity index (χ2n) is 7.49. The van der Waals surface area contributed by atoms with Gasteiger partial charge < -0.3 is 15.5 Å². The lowest BCUT2D eigenvalue weighted by Crippen LogP contribution is -2.48. The van der Waals surface area contributed by atoms with Crippen LogP contribution in [-0.4, -0.2) is 45.1 Å². The smallest absolute Gasteiger partial charge is 0.332 e. The van der Waals surface area contributed by atoms with Crippen LogP contribution in [0.25, 0.3) is 11.1 Å². The Labute approximate surface area is 200 Å². The van der Waals surface area contributed by atoms with Crippen molar-refractivity contribution in [2.75, 3.05) is 5.43 Å². The van der Waals surface area contributed by atoms with Crippen molar-refractivity contribution in [2.24, 2.45) is 0 Å². The van der Waals surface area contributed by atoms with E-state index < -0.39 is 29.9 Å². The highest BCUT2D eigenvalue weighted by Gasteiger charge is 2.24. The van der Waals surface area contributed by atoms with Gasteiger partial charge >= 0.3 is 17.8 Å². The Bertz CT molecular complexity index is 1140. The maximum Gasteiger partial charge on any atom is 0.332 e. The molecular formula is C24H23ClN4O5. The first-order valence-electron chi connectivity index (χ1n) is 10.3. The number of aliphatic hydroxyl groups excluding tert-OH is 1. The number of hydrogen-bond acceptors (Lipinski definition) is 6. The lowest BCUT2D eigenvalue weighted by molar-refractivity contribution is -0.147. The summed E-state index contributed by atoms with van der Waals surface area (Å²) in [7, 11) is 0. The van der Waals surface area contributed by atoms with Crippen molar-refractivity contribution in [3.63, 3.8) is 0 Å². The molecule has 176 valence electrons. The minimum atomic E-state index is -1.70. The zero-order valence-corrected chi connectivity index (χ0v) is 18.7. The number of carboxylic acid groups (broad SMARTS) is 1. The number of rotatable bonds is 9. The molecule has 0 unspecified atom stereocenters. The third kappa shape index (κ3) is 7.29. The lowest BCUT2D eigenvalue weighted by Gasteiger charge is -2.20. The van der Waals surface area contributed by atoms with Gasteiger partial charge in [0.2, 0.25) is 0 Å². The summed E-state index contributed by atoms with van der Waals surface area (Å²) in [6.45, 7) is 0. The van der Waals surface area contributed by atoms with Gasteiger partial charge in [-0.1, -0.05) is 48.0 Å². The fourth-order valence-electron chi connectivity index (χ4n) is 3.22. The van der Waals surface area contributed by atoms with Gasteiger partial charge in [0.15, 0.2) is 6.10 Å². The molecule has 0 saturated carbocycles. The second-order valence-corrected chi connectivity index (χ2v) is 7.92. The first-order valence-corrected chi connectivity index (χ1v) is 10.7. The predicted molar refractivity (Wildman–Crippen MR) is 127 cm³/mol. The Hall–Kier alpha value is -3.95. The summed E-state index contributed by atoms with van der Waals surface area (Å²) in [5, 5.41) is 22.0. The number of anilines is 1. The Kier molecular flexibility index (Phi) is 8.55. The van der Waals surface area contributed by atoms with Crippen molar-refractivity contribution in [3.05, 3.63) is 83.6 Å². The molecule has 2 atom stereocenters. The summed E-state index contributed by atoms with van der Waals surface area (Å²) in [6.07, 6.45) is 1.25. The third-order valence-corrected chi connectivity index (χ3v) is 5.16. The maximum atomic E-state index is 12.4. The van der Waals surface area contributed by atoms with E-state index in [2.05, 4.69) is 21.2 Å². The van der Waals surface area contributed by atoms with E-state index in [0.717, 1.165) is 16.7 Å². The van der Waals surface area contributed by atoms with Crippen LogP contribution in [0.2, 0.25) is 5.02 Å². The van der Waals surface area contributed by atoms with Gasteiger partial charge in [-0.3, -0.25) is 25.4 Å². The molecule has 0 aliphatic heterocycles. The van der Waals surface area contributed by atoms with Crippen LogP contribution in [-0.2, 0) is 20.8 Å². The van der Waals surface area contributed by atoms with Crippen LogP contribution < -0.4 is 16.2 Å². The number of carbonyl (C=O) groups is 3. The van der Waals surface area contributed by atoms with Crippen LogP contribution >= 0.6 is 11.6 Å². The van der Waals surface area contributed by atoms with Gasteiger partial charge in [0.05, 0.1) is 5.69 Å². The van der Waals surface area contributed by atoms with E-state index in [0.29, 0.717) is 10.7 Å². The van der Waals surface area contributed by atoms with Crippen molar-refractivity contribution >= 4 is 35.1 Å². The van der Waals surface area contributed by atoms with Gasteiger partial charge in [-0.05, 0) is 47.4 Å². The maximum absolute atomic E-state index is 12.4. The van der Waals surface area contributed by atoms with E-state index in [1.54, 1.807) is 18.2 Å². The second kappa shape index (κ2) is 11.8. The summed E-state index contributed by atoms with van der Waals surface area (Å²) in [5.41, 5.74) is 8.00. The summed E-state index contributed by atoms with van der Waals surface area (Å²) in [4.78, 5) is 39.5. The molecule has 2 aromatic carbocycles. The van der Waals surface area contributed by atoms with Crippen LogP contribution in [0.1, 0.15) is 12.0 Å². The molecule has 0 saturated heterocycles. The number of hydrazine groups is 1. The molecule has 5 N–H and O–H groups in total. The fourth-order valence-corrected chi connectivity index (χ4v) is 3.41. The summed E-state index contributed by atoms with van der Waals surface area (Å²) < 4.78 is 0. The lowest BCUT2D eigenvalue weighted by atomic mass is 9.98. The van der Waals surface area contributed by atoms with Gasteiger partial charge in [0.1, 0.15) is 0 Å². The fraction of sp³-hybridized carbons (Fsp3) is 0.167. The summed E-state index contributed by atoms with van der Waals surface area (Å²) >= 11 is 6.05. The number of aliphatic hydroxyl groups is 1. The number of nitrogens with zero attached hydrogens (tertiary/aromatic N) is 1. The molecule has 2 amide bonds. The third-order valence-electron chi connectivity index (χ3n) is 4.93. The number of aromatic nitrogens is 1. The number of carbonyl (C=O) groups excluding carboxylic acids is 2. The van der Waals surface area contributed by atoms with Crippen molar-refractivity contribution in [2.45, 2.75) is 25.0 Å². The highest BCUT2D eigenvalue weighted by molar-refractivity contribution is 6.35. The molecule has 34 heavy (non-hydrogen) atoms. The molecule has 0 bridgehead atoms. The van der Waals surface area contributed by atoms with E-state index in [9.17, 15) is 19.5 Å². The van der Waals surface area contributed by atoms with Crippen LogP contribution in [0.15, 0.2) is 73.1 Å². The first kappa shape index (κ1) is 24.7. The minimum Gasteiger partial charge on any atom is -0.479 e. The highest BCUT2D eigenvalue weighted by atomic mass is 35.5.